The average molecular weight is 548 g/mol. The lowest BCUT2D eigenvalue weighted by molar-refractivity contribution is -0.143. The Labute approximate surface area is 220 Å². The molecule has 0 aromatic heterocycles. The van der Waals surface area contributed by atoms with Gasteiger partial charge in [-0.15, -0.1) is 0 Å². The van der Waals surface area contributed by atoms with Gasteiger partial charge in [0.15, 0.2) is 5.96 Å². The number of carbonyl (C=O) groups is 5. The Morgan fingerprint density at radius 2 is 1.54 bits per heavy atom. The van der Waals surface area contributed by atoms with Gasteiger partial charge in [-0.2, -0.15) is 11.8 Å². The van der Waals surface area contributed by atoms with Crippen LogP contribution in [0.2, 0.25) is 0 Å². The lowest BCUT2D eigenvalue weighted by Gasteiger charge is -2.28. The van der Waals surface area contributed by atoms with Crippen LogP contribution in [0, 0.1) is 5.92 Å². The molecule has 0 spiro atoms. The highest BCUT2D eigenvalue weighted by molar-refractivity contribution is 7.98. The third kappa shape index (κ3) is 14.3. The molecule has 0 aliphatic rings. The molecule has 0 aromatic rings. The number of hydrogen-bond acceptors (Lipinski definition) is 8. The number of carboxylic acids is 2. The first-order valence-corrected chi connectivity index (χ1v) is 13.4. The molecule has 5 atom stereocenters. The van der Waals surface area contributed by atoms with E-state index in [1.54, 1.807) is 6.92 Å². The normalized spacial score (nSPS) is 14.8. The maximum atomic E-state index is 13.1. The van der Waals surface area contributed by atoms with Crippen molar-refractivity contribution in [1.82, 2.24) is 16.0 Å². The van der Waals surface area contributed by atoms with Crippen molar-refractivity contribution in [2.24, 2.45) is 28.1 Å². The van der Waals surface area contributed by atoms with Crippen LogP contribution in [-0.2, 0) is 24.0 Å². The smallest absolute Gasteiger partial charge is 0.326 e. The van der Waals surface area contributed by atoms with E-state index in [9.17, 15) is 29.1 Å². The third-order valence-corrected chi connectivity index (χ3v) is 6.25. The molecule has 0 radical (unpaired) electrons. The molecule has 0 saturated heterocycles. The Hall–Kier alpha value is -3.07. The minimum absolute atomic E-state index is 0.0691. The number of carboxylic acid groups (broad SMARTS) is 2. The molecule has 0 saturated carbocycles. The van der Waals surface area contributed by atoms with E-state index in [4.69, 9.17) is 22.3 Å². The van der Waals surface area contributed by atoms with Gasteiger partial charge >= 0.3 is 11.9 Å². The Balaban J connectivity index is 5.46. The molecule has 14 nitrogen and oxygen atoms in total. The minimum atomic E-state index is -1.24. The summed E-state index contributed by atoms with van der Waals surface area (Å²) in [5.41, 5.74) is 16.3. The number of guanidine groups is 1. The lowest BCUT2D eigenvalue weighted by atomic mass is 9.97. The molecule has 3 amide bonds. The molecular weight excluding hydrogens is 506 g/mol. The van der Waals surface area contributed by atoms with Gasteiger partial charge in [0, 0.05) is 13.0 Å². The van der Waals surface area contributed by atoms with E-state index in [-0.39, 0.29) is 44.1 Å². The first-order valence-electron chi connectivity index (χ1n) is 12.0. The van der Waals surface area contributed by atoms with Gasteiger partial charge in [-0.1, -0.05) is 20.3 Å². The second kappa shape index (κ2) is 18.2. The molecule has 0 aromatic carbocycles. The van der Waals surface area contributed by atoms with E-state index < -0.39 is 53.8 Å². The van der Waals surface area contributed by atoms with Crippen LogP contribution >= 0.6 is 11.8 Å². The second-order valence-corrected chi connectivity index (χ2v) is 9.59. The SMILES string of the molecule is CCC(C)C(NC(=O)C(CCSC)NC(=O)C(N)CCC(=O)O)C(=O)NC(CCCN=C(N)N)C(=O)O. The highest BCUT2D eigenvalue weighted by Crippen LogP contribution is 2.11. The fourth-order valence-corrected chi connectivity index (χ4v) is 3.64. The highest BCUT2D eigenvalue weighted by Gasteiger charge is 2.32. The predicted octanol–water partition coefficient (Wildman–Crippen LogP) is -1.43. The fourth-order valence-electron chi connectivity index (χ4n) is 3.17. The number of rotatable bonds is 19. The van der Waals surface area contributed by atoms with Crippen molar-refractivity contribution in [2.75, 3.05) is 18.6 Å². The van der Waals surface area contributed by atoms with Gasteiger partial charge in [-0.25, -0.2) is 4.79 Å². The Morgan fingerprint density at radius 1 is 0.919 bits per heavy atom. The van der Waals surface area contributed by atoms with E-state index >= 15 is 0 Å². The van der Waals surface area contributed by atoms with Crippen molar-refractivity contribution < 1.29 is 34.2 Å². The number of nitrogens with two attached hydrogens (primary N) is 3. The van der Waals surface area contributed by atoms with Crippen LogP contribution in [0.1, 0.15) is 52.4 Å². The molecule has 0 bridgehead atoms. The van der Waals surface area contributed by atoms with Crippen LogP contribution in [0.3, 0.4) is 0 Å². The molecule has 37 heavy (non-hydrogen) atoms. The Kier molecular flexibility index (Phi) is 16.7. The number of thioether (sulfide) groups is 1. The van der Waals surface area contributed by atoms with E-state index in [1.165, 1.54) is 11.8 Å². The van der Waals surface area contributed by atoms with Crippen LogP contribution in [0.15, 0.2) is 4.99 Å². The van der Waals surface area contributed by atoms with Gasteiger partial charge in [0.25, 0.3) is 0 Å². The quantitative estimate of drug-likeness (QED) is 0.0528. The molecule has 212 valence electrons. The summed E-state index contributed by atoms with van der Waals surface area (Å²) in [6, 6.07) is -4.43. The Morgan fingerprint density at radius 3 is 2.05 bits per heavy atom. The molecule has 15 heteroatoms. The number of aliphatic imine (C=N–C) groups is 1. The molecule has 0 aliphatic carbocycles. The number of aliphatic carboxylic acids is 2. The van der Waals surface area contributed by atoms with E-state index in [2.05, 4.69) is 20.9 Å². The largest absolute Gasteiger partial charge is 0.481 e. The summed E-state index contributed by atoms with van der Waals surface area (Å²) < 4.78 is 0. The standard InChI is InChI=1S/C22H41N7O7S/c1-4-12(2)17(20(34)28-15(21(35)36)6-5-10-26-22(24)25)29-19(33)14(9-11-37-3)27-18(32)13(23)7-8-16(30)31/h12-15,17H,4-11,23H2,1-3H3,(H,27,32)(H,28,34)(H,29,33)(H,30,31)(H,35,36)(H4,24,25,26). The predicted molar refractivity (Wildman–Crippen MR) is 141 cm³/mol. The molecule has 0 heterocycles. The summed E-state index contributed by atoms with van der Waals surface area (Å²) in [6.07, 6.45) is 2.54. The van der Waals surface area contributed by atoms with Gasteiger partial charge in [0.05, 0.1) is 6.04 Å². The van der Waals surface area contributed by atoms with Crippen LogP contribution in [0.5, 0.6) is 0 Å². The average Bonchev–Trinajstić information content (AvgIpc) is 2.83. The first-order chi connectivity index (χ1) is 17.3. The zero-order chi connectivity index (χ0) is 28.5. The molecule has 11 N–H and O–H groups in total. The van der Waals surface area contributed by atoms with Crippen LogP contribution in [-0.4, -0.2) is 88.6 Å². The number of nitrogens with zero attached hydrogens (tertiary/aromatic N) is 1. The van der Waals surface area contributed by atoms with Gasteiger partial charge in [-0.3, -0.25) is 24.2 Å². The van der Waals surface area contributed by atoms with E-state index in [1.807, 2.05) is 13.2 Å². The van der Waals surface area contributed by atoms with Gasteiger partial charge in [0.1, 0.15) is 18.1 Å². The summed E-state index contributed by atoms with van der Waals surface area (Å²) in [7, 11) is 0. The monoisotopic (exact) mass is 547 g/mol. The zero-order valence-corrected chi connectivity index (χ0v) is 22.4. The third-order valence-electron chi connectivity index (χ3n) is 5.60. The van der Waals surface area contributed by atoms with Crippen LogP contribution in [0.25, 0.3) is 0 Å². The second-order valence-electron chi connectivity index (χ2n) is 8.60. The molecule has 0 aliphatic heterocycles. The maximum Gasteiger partial charge on any atom is 0.326 e. The van der Waals surface area contributed by atoms with Crippen molar-refractivity contribution >= 4 is 47.4 Å². The van der Waals surface area contributed by atoms with Crippen LogP contribution < -0.4 is 33.2 Å². The topological polar surface area (TPSA) is 252 Å². The summed E-state index contributed by atoms with van der Waals surface area (Å²) in [6.45, 7) is 3.74. The van der Waals surface area contributed by atoms with Crippen molar-refractivity contribution in [3.8, 4) is 0 Å². The minimum Gasteiger partial charge on any atom is -0.481 e. The van der Waals surface area contributed by atoms with Gasteiger partial charge < -0.3 is 43.4 Å². The molecule has 0 fully saturated rings. The van der Waals surface area contributed by atoms with Crippen molar-refractivity contribution in [3.05, 3.63) is 0 Å². The van der Waals surface area contributed by atoms with E-state index in [0.717, 1.165) is 0 Å². The first kappa shape index (κ1) is 33.9. The number of carbonyl (C=O) groups excluding carboxylic acids is 3. The van der Waals surface area contributed by atoms with Crippen molar-refractivity contribution in [1.29, 1.82) is 0 Å². The maximum absolute atomic E-state index is 13.1. The van der Waals surface area contributed by atoms with Gasteiger partial charge in [-0.05, 0) is 43.6 Å². The molecule has 0 rings (SSSR count). The highest BCUT2D eigenvalue weighted by atomic mass is 32.2. The summed E-state index contributed by atoms with van der Waals surface area (Å²) >= 11 is 1.45. The lowest BCUT2D eigenvalue weighted by Crippen LogP contribution is -2.58. The summed E-state index contributed by atoms with van der Waals surface area (Å²) in [5.74, 6) is -4.29. The molecular formula is C22H41N7O7S. The van der Waals surface area contributed by atoms with Crippen molar-refractivity contribution in [3.63, 3.8) is 0 Å². The summed E-state index contributed by atoms with van der Waals surface area (Å²) in [5, 5.41) is 26.0. The fraction of sp³-hybridized carbons (Fsp3) is 0.727. The van der Waals surface area contributed by atoms with Crippen LogP contribution in [0.4, 0.5) is 0 Å². The van der Waals surface area contributed by atoms with Gasteiger partial charge in [0.2, 0.25) is 17.7 Å². The Bertz CT molecular complexity index is 808. The number of amides is 3. The van der Waals surface area contributed by atoms with E-state index in [0.29, 0.717) is 18.6 Å². The summed E-state index contributed by atoms with van der Waals surface area (Å²) in [4.78, 5) is 64.8. The number of nitrogens with one attached hydrogen (secondary N) is 3. The molecule has 5 unspecified atom stereocenters. The number of hydrogen-bond donors (Lipinski definition) is 8. The zero-order valence-electron chi connectivity index (χ0n) is 21.6. The van der Waals surface area contributed by atoms with Crippen molar-refractivity contribution in [2.45, 2.75) is 76.5 Å².